The number of hydrogen-bond acceptors (Lipinski definition) is 7. The molecular weight excluding hydrogens is 853 g/mol. The zero-order chi connectivity index (χ0) is 49.7. The zero-order valence-corrected chi connectivity index (χ0v) is 47.5. The van der Waals surface area contributed by atoms with Crippen molar-refractivity contribution in [2.75, 3.05) is 86.0 Å². The van der Waals surface area contributed by atoms with Crippen molar-refractivity contribution < 1.29 is 23.7 Å². The molecular formula is C62H124N2O5. The van der Waals surface area contributed by atoms with Crippen molar-refractivity contribution in [3.63, 3.8) is 0 Å². The summed E-state index contributed by atoms with van der Waals surface area (Å²) in [7, 11) is 2.19. The molecule has 0 bridgehead atoms. The van der Waals surface area contributed by atoms with Crippen LogP contribution in [0.2, 0.25) is 0 Å². The van der Waals surface area contributed by atoms with E-state index in [1.807, 2.05) is 0 Å². The molecule has 7 heteroatoms. The summed E-state index contributed by atoms with van der Waals surface area (Å²) in [5, 5.41) is 0. The van der Waals surface area contributed by atoms with Gasteiger partial charge in [0.1, 0.15) is 6.61 Å². The summed E-state index contributed by atoms with van der Waals surface area (Å²) in [4.78, 5) is 18.2. The van der Waals surface area contributed by atoms with E-state index >= 15 is 0 Å². The van der Waals surface area contributed by atoms with Crippen molar-refractivity contribution >= 4 is 5.97 Å². The third kappa shape index (κ3) is 46.8. The van der Waals surface area contributed by atoms with Crippen LogP contribution in [0.3, 0.4) is 0 Å². The fraction of sp³-hybridized carbons (Fsp3) is 0.984. The molecule has 69 heavy (non-hydrogen) atoms. The largest absolute Gasteiger partial charge is 0.465 e. The van der Waals surface area contributed by atoms with Gasteiger partial charge in [0.2, 0.25) is 0 Å². The molecule has 0 radical (unpaired) electrons. The monoisotopic (exact) mass is 977 g/mol. The van der Waals surface area contributed by atoms with Crippen LogP contribution in [-0.2, 0) is 23.7 Å². The van der Waals surface area contributed by atoms with Crippen LogP contribution in [0.5, 0.6) is 0 Å². The highest BCUT2D eigenvalue weighted by molar-refractivity contribution is 5.69. The quantitative estimate of drug-likeness (QED) is 0.0444. The molecule has 0 aromatic carbocycles. The molecule has 1 fully saturated rings. The van der Waals surface area contributed by atoms with Crippen LogP contribution in [0.15, 0.2) is 0 Å². The van der Waals surface area contributed by atoms with Crippen LogP contribution < -0.4 is 0 Å². The van der Waals surface area contributed by atoms with Crippen LogP contribution >= 0.6 is 0 Å². The van der Waals surface area contributed by atoms with Crippen molar-refractivity contribution in [2.24, 2.45) is 5.41 Å². The van der Waals surface area contributed by atoms with E-state index in [2.05, 4.69) is 37.6 Å². The number of ether oxygens (including phenoxy) is 4. The Kier molecular flexibility index (Phi) is 51.5. The van der Waals surface area contributed by atoms with Crippen LogP contribution in [-0.4, -0.2) is 102 Å². The molecule has 0 atom stereocenters. The lowest BCUT2D eigenvalue weighted by atomic mass is 9.92. The van der Waals surface area contributed by atoms with Crippen molar-refractivity contribution in [1.82, 2.24) is 9.80 Å². The number of nitrogens with zero attached hydrogens (tertiary/aromatic N) is 2. The number of hydrogen-bond donors (Lipinski definition) is 0. The van der Waals surface area contributed by atoms with Crippen LogP contribution in [0, 0.1) is 5.41 Å². The molecule has 1 rings (SSSR count). The highest BCUT2D eigenvalue weighted by atomic mass is 16.5. The number of rotatable bonds is 57. The Morgan fingerprint density at radius 3 is 0.884 bits per heavy atom. The molecule has 1 saturated heterocycles. The maximum Gasteiger partial charge on any atom is 0.305 e. The lowest BCUT2D eigenvalue weighted by Gasteiger charge is -2.33. The van der Waals surface area contributed by atoms with Crippen LogP contribution in [0.25, 0.3) is 0 Å². The Bertz CT molecular complexity index is 917. The molecule has 1 aliphatic rings. The number of carbonyl (C=O) groups is 1. The average Bonchev–Trinajstić information content (AvgIpc) is 3.35. The number of esters is 1. The van der Waals surface area contributed by atoms with Gasteiger partial charge in [0.25, 0.3) is 0 Å². The van der Waals surface area contributed by atoms with Gasteiger partial charge in [0.15, 0.2) is 0 Å². The number of carbonyl (C=O) groups excluding carboxylic acids is 1. The molecule has 0 aromatic heterocycles. The van der Waals surface area contributed by atoms with Gasteiger partial charge >= 0.3 is 5.97 Å². The lowest BCUT2D eigenvalue weighted by Crippen LogP contribution is -2.44. The summed E-state index contributed by atoms with van der Waals surface area (Å²) in [5.41, 5.74) is -0.491. The topological polar surface area (TPSA) is 60.5 Å². The Balaban J connectivity index is 2.61. The first-order valence-electron chi connectivity index (χ1n) is 31.3. The number of likely N-dealkylation sites (N-methyl/N-ethyl adjacent to an activating group) is 1. The SMILES string of the molecule is CCCCCCCCCCCCCCCCOCC(COCCCCCCCCCCCCCCCC)(COCCCCCCCCCCCCCCCC)COC(=O)CCCN1CCN(C)CC1. The van der Waals surface area contributed by atoms with Gasteiger partial charge in [-0.05, 0) is 39.3 Å². The first-order valence-corrected chi connectivity index (χ1v) is 31.3. The van der Waals surface area contributed by atoms with E-state index in [-0.39, 0.29) is 5.97 Å². The maximum absolute atomic E-state index is 13.3. The molecule has 0 aromatic rings. The van der Waals surface area contributed by atoms with Crippen molar-refractivity contribution in [1.29, 1.82) is 0 Å². The summed E-state index contributed by atoms with van der Waals surface area (Å²) in [6.45, 7) is 16.3. The molecule has 7 nitrogen and oxygen atoms in total. The predicted molar refractivity (Wildman–Crippen MR) is 300 cm³/mol. The van der Waals surface area contributed by atoms with Crippen molar-refractivity contribution in [2.45, 2.75) is 303 Å². The molecule has 0 saturated carbocycles. The highest BCUT2D eigenvalue weighted by Crippen LogP contribution is 2.24. The van der Waals surface area contributed by atoms with E-state index in [1.54, 1.807) is 0 Å². The lowest BCUT2D eigenvalue weighted by molar-refractivity contribution is -0.156. The fourth-order valence-electron chi connectivity index (χ4n) is 10.1. The Labute approximate surface area is 432 Å². The average molecular weight is 978 g/mol. The molecule has 412 valence electrons. The summed E-state index contributed by atoms with van der Waals surface area (Å²) in [6.07, 6.45) is 58.2. The van der Waals surface area contributed by atoms with Gasteiger partial charge in [0, 0.05) is 52.4 Å². The molecule has 0 aliphatic carbocycles. The third-order valence-corrected chi connectivity index (χ3v) is 15.1. The molecule has 1 aliphatic heterocycles. The van der Waals surface area contributed by atoms with Gasteiger partial charge in [-0.2, -0.15) is 0 Å². The minimum atomic E-state index is -0.491. The van der Waals surface area contributed by atoms with E-state index < -0.39 is 5.41 Å². The summed E-state index contributed by atoms with van der Waals surface area (Å²) in [5.74, 6) is -0.0978. The molecule has 1 heterocycles. The molecule has 0 N–H and O–H groups in total. The Morgan fingerprint density at radius 2 is 0.609 bits per heavy atom. The second-order valence-corrected chi connectivity index (χ2v) is 22.4. The first kappa shape index (κ1) is 66.3. The number of unbranched alkanes of at least 4 members (excludes halogenated alkanes) is 39. The van der Waals surface area contributed by atoms with E-state index in [9.17, 15) is 4.79 Å². The standard InChI is InChI=1S/C62H124N2O5/c1-5-8-11-14-17-20-23-26-29-32-35-38-41-44-54-66-57-62(60-69-61(65)48-47-49-64-52-50-63(4)51-53-64,58-67-55-45-42-39-36-33-30-27-24-21-18-15-12-9-6-2)59-68-56-46-43-40-37-34-31-28-25-22-19-16-13-10-7-3/h5-60H2,1-4H3. The third-order valence-electron chi connectivity index (χ3n) is 15.1. The second kappa shape index (κ2) is 53.6. The Hall–Kier alpha value is -0.730. The van der Waals surface area contributed by atoms with Gasteiger partial charge in [-0.15, -0.1) is 0 Å². The minimum absolute atomic E-state index is 0.0978. The van der Waals surface area contributed by atoms with E-state index in [4.69, 9.17) is 18.9 Å². The predicted octanol–water partition coefficient (Wildman–Crippen LogP) is 18.0. The van der Waals surface area contributed by atoms with Gasteiger partial charge in [-0.3, -0.25) is 4.79 Å². The van der Waals surface area contributed by atoms with Gasteiger partial charge in [-0.25, -0.2) is 0 Å². The minimum Gasteiger partial charge on any atom is -0.465 e. The molecule has 0 unspecified atom stereocenters. The van der Waals surface area contributed by atoms with E-state index in [1.165, 1.54) is 250 Å². The zero-order valence-electron chi connectivity index (χ0n) is 47.5. The smallest absolute Gasteiger partial charge is 0.305 e. The fourth-order valence-corrected chi connectivity index (χ4v) is 10.1. The molecule has 0 amide bonds. The summed E-state index contributed by atoms with van der Waals surface area (Å²) < 4.78 is 25.7. The van der Waals surface area contributed by atoms with E-state index in [0.717, 1.165) is 78.2 Å². The van der Waals surface area contributed by atoms with Crippen LogP contribution in [0.1, 0.15) is 303 Å². The Morgan fingerprint density at radius 1 is 0.348 bits per heavy atom. The maximum atomic E-state index is 13.3. The number of piperazine rings is 1. The highest BCUT2D eigenvalue weighted by Gasteiger charge is 2.34. The van der Waals surface area contributed by atoms with Crippen LogP contribution in [0.4, 0.5) is 0 Å². The molecule has 0 spiro atoms. The second-order valence-electron chi connectivity index (χ2n) is 22.4. The normalized spacial score (nSPS) is 13.8. The summed E-state index contributed by atoms with van der Waals surface area (Å²) in [6, 6.07) is 0. The first-order chi connectivity index (χ1) is 34.0. The van der Waals surface area contributed by atoms with Crippen molar-refractivity contribution in [3.05, 3.63) is 0 Å². The van der Waals surface area contributed by atoms with E-state index in [0.29, 0.717) is 32.8 Å². The van der Waals surface area contributed by atoms with Gasteiger partial charge in [0.05, 0.1) is 25.2 Å². The van der Waals surface area contributed by atoms with Gasteiger partial charge < -0.3 is 28.7 Å². The van der Waals surface area contributed by atoms with Crippen molar-refractivity contribution in [3.8, 4) is 0 Å². The van der Waals surface area contributed by atoms with Gasteiger partial charge in [-0.1, -0.05) is 271 Å². The summed E-state index contributed by atoms with van der Waals surface area (Å²) >= 11 is 0.